The van der Waals surface area contributed by atoms with Gasteiger partial charge in [0.15, 0.2) is 0 Å². The van der Waals surface area contributed by atoms with Crippen molar-refractivity contribution in [1.82, 2.24) is 10.6 Å². The predicted octanol–water partition coefficient (Wildman–Crippen LogP) is 1.62. The summed E-state index contributed by atoms with van der Waals surface area (Å²) in [6, 6.07) is 7.53. The predicted molar refractivity (Wildman–Crippen MR) is 77.5 cm³/mol. The first-order valence-corrected chi connectivity index (χ1v) is 6.75. The molecule has 1 aromatic carbocycles. The lowest BCUT2D eigenvalue weighted by molar-refractivity contribution is -0.122. The van der Waals surface area contributed by atoms with E-state index in [0.29, 0.717) is 13.2 Å². The lowest BCUT2D eigenvalue weighted by Crippen LogP contribution is -2.43. The van der Waals surface area contributed by atoms with Gasteiger partial charge in [0.05, 0.1) is 12.6 Å². The van der Waals surface area contributed by atoms with Crippen LogP contribution in [-0.4, -0.2) is 38.8 Å². The average molecular weight is 285 g/mol. The smallest absolute Gasteiger partial charge is 0.236 e. The third-order valence-corrected chi connectivity index (χ3v) is 3.03. The molecule has 0 saturated carbocycles. The molecule has 1 atom stereocenters. The van der Waals surface area contributed by atoms with E-state index in [2.05, 4.69) is 10.6 Å². The van der Waals surface area contributed by atoms with E-state index < -0.39 is 0 Å². The summed E-state index contributed by atoms with van der Waals surface area (Å²) in [6.07, 6.45) is 0.868. The van der Waals surface area contributed by atoms with Gasteiger partial charge in [-0.25, -0.2) is 0 Å². The molecule has 0 fully saturated rings. The van der Waals surface area contributed by atoms with Crippen molar-refractivity contribution in [3.63, 3.8) is 0 Å². The van der Waals surface area contributed by atoms with E-state index in [1.54, 1.807) is 7.11 Å². The van der Waals surface area contributed by atoms with Crippen LogP contribution < -0.4 is 10.6 Å². The van der Waals surface area contributed by atoms with E-state index in [4.69, 9.17) is 16.3 Å². The number of nitrogens with one attached hydrogen (secondary N) is 2. The molecule has 1 unspecified atom stereocenters. The van der Waals surface area contributed by atoms with Gasteiger partial charge in [-0.2, -0.15) is 0 Å². The van der Waals surface area contributed by atoms with E-state index in [1.807, 2.05) is 31.2 Å². The molecule has 1 amide bonds. The number of hydrogen-bond donors (Lipinski definition) is 2. The summed E-state index contributed by atoms with van der Waals surface area (Å²) in [5.74, 6) is -0.00634. The Morgan fingerprint density at radius 2 is 2.00 bits per heavy atom. The molecule has 0 bridgehead atoms. The van der Waals surface area contributed by atoms with Crippen LogP contribution in [0.1, 0.15) is 12.5 Å². The van der Waals surface area contributed by atoms with Crippen molar-refractivity contribution in [2.24, 2.45) is 0 Å². The highest BCUT2D eigenvalue weighted by Gasteiger charge is 2.10. The number of rotatable bonds is 8. The molecule has 0 radical (unpaired) electrons. The topological polar surface area (TPSA) is 50.4 Å². The monoisotopic (exact) mass is 284 g/mol. The molecule has 0 aliphatic rings. The maximum absolute atomic E-state index is 11.7. The van der Waals surface area contributed by atoms with Gasteiger partial charge in [-0.15, -0.1) is 0 Å². The number of ether oxygens (including phenoxy) is 1. The molecule has 0 saturated heterocycles. The SMILES string of the molecule is COCCNC(=O)C(C)NCCc1ccc(Cl)cc1. The second-order valence-electron chi connectivity index (χ2n) is 4.34. The van der Waals surface area contributed by atoms with E-state index in [9.17, 15) is 4.79 Å². The zero-order valence-corrected chi connectivity index (χ0v) is 12.2. The summed E-state index contributed by atoms with van der Waals surface area (Å²) < 4.78 is 4.87. The van der Waals surface area contributed by atoms with Gasteiger partial charge in [-0.05, 0) is 37.6 Å². The Balaban J connectivity index is 2.20. The van der Waals surface area contributed by atoms with E-state index >= 15 is 0 Å². The zero-order valence-electron chi connectivity index (χ0n) is 11.4. The molecule has 106 valence electrons. The van der Waals surface area contributed by atoms with Crippen molar-refractivity contribution < 1.29 is 9.53 Å². The highest BCUT2D eigenvalue weighted by Crippen LogP contribution is 2.09. The third-order valence-electron chi connectivity index (χ3n) is 2.78. The molecule has 0 aliphatic heterocycles. The minimum atomic E-state index is -0.204. The normalized spacial score (nSPS) is 12.2. The van der Waals surface area contributed by atoms with Crippen molar-refractivity contribution in [3.05, 3.63) is 34.9 Å². The Hall–Kier alpha value is -1.10. The fraction of sp³-hybridized carbons (Fsp3) is 0.500. The first kappa shape index (κ1) is 16.0. The number of carbonyl (C=O) groups is 1. The van der Waals surface area contributed by atoms with Crippen molar-refractivity contribution in [2.75, 3.05) is 26.8 Å². The highest BCUT2D eigenvalue weighted by molar-refractivity contribution is 6.30. The summed E-state index contributed by atoms with van der Waals surface area (Å²) >= 11 is 5.82. The second kappa shape index (κ2) is 8.91. The van der Waals surface area contributed by atoms with Crippen LogP contribution in [-0.2, 0) is 16.0 Å². The Labute approximate surface area is 119 Å². The number of carbonyl (C=O) groups excluding carboxylic acids is 1. The molecule has 0 heterocycles. The molecule has 0 aromatic heterocycles. The van der Waals surface area contributed by atoms with Gasteiger partial charge < -0.3 is 15.4 Å². The van der Waals surface area contributed by atoms with Crippen LogP contribution in [0.5, 0.6) is 0 Å². The maximum atomic E-state index is 11.7. The quantitative estimate of drug-likeness (QED) is 0.714. The zero-order chi connectivity index (χ0) is 14.1. The number of hydrogen-bond acceptors (Lipinski definition) is 3. The average Bonchev–Trinajstić information content (AvgIpc) is 2.41. The summed E-state index contributed by atoms with van der Waals surface area (Å²) in [6.45, 7) is 3.67. The number of methoxy groups -OCH3 is 1. The standard InChI is InChI=1S/C14H21ClN2O2/c1-11(14(18)17-9-10-19-2)16-8-7-12-3-5-13(15)6-4-12/h3-6,11,16H,7-10H2,1-2H3,(H,17,18). The van der Waals surface area contributed by atoms with Gasteiger partial charge in [-0.1, -0.05) is 23.7 Å². The van der Waals surface area contributed by atoms with Crippen LogP contribution in [0.25, 0.3) is 0 Å². The fourth-order valence-electron chi connectivity index (χ4n) is 1.61. The van der Waals surface area contributed by atoms with Gasteiger partial charge in [0.1, 0.15) is 0 Å². The van der Waals surface area contributed by atoms with Crippen LogP contribution in [0.2, 0.25) is 5.02 Å². The van der Waals surface area contributed by atoms with Crippen molar-refractivity contribution >= 4 is 17.5 Å². The summed E-state index contributed by atoms with van der Waals surface area (Å²) in [4.78, 5) is 11.7. The lowest BCUT2D eigenvalue weighted by Gasteiger charge is -2.13. The van der Waals surface area contributed by atoms with E-state index in [1.165, 1.54) is 5.56 Å². The van der Waals surface area contributed by atoms with Crippen molar-refractivity contribution in [3.8, 4) is 0 Å². The highest BCUT2D eigenvalue weighted by atomic mass is 35.5. The molecule has 5 heteroatoms. The first-order chi connectivity index (χ1) is 9.13. The summed E-state index contributed by atoms with van der Waals surface area (Å²) in [7, 11) is 1.61. The molecule has 4 nitrogen and oxygen atoms in total. The van der Waals surface area contributed by atoms with E-state index in [0.717, 1.165) is 18.0 Å². The fourth-order valence-corrected chi connectivity index (χ4v) is 1.73. The van der Waals surface area contributed by atoms with Gasteiger partial charge in [0, 0.05) is 18.7 Å². The van der Waals surface area contributed by atoms with Crippen LogP contribution in [0, 0.1) is 0 Å². The number of benzene rings is 1. The van der Waals surface area contributed by atoms with Crippen LogP contribution in [0.4, 0.5) is 0 Å². The van der Waals surface area contributed by atoms with Gasteiger partial charge in [-0.3, -0.25) is 4.79 Å². The molecule has 0 aliphatic carbocycles. The molecule has 19 heavy (non-hydrogen) atoms. The molecule has 1 aromatic rings. The first-order valence-electron chi connectivity index (χ1n) is 6.38. The molecular formula is C14H21ClN2O2. The third kappa shape index (κ3) is 6.57. The van der Waals surface area contributed by atoms with Gasteiger partial charge in [0.25, 0.3) is 0 Å². The Morgan fingerprint density at radius 3 is 2.63 bits per heavy atom. The minimum Gasteiger partial charge on any atom is -0.383 e. The summed E-state index contributed by atoms with van der Waals surface area (Å²) in [5, 5.41) is 6.72. The van der Waals surface area contributed by atoms with Crippen molar-refractivity contribution in [1.29, 1.82) is 0 Å². The molecule has 2 N–H and O–H groups in total. The van der Waals surface area contributed by atoms with Crippen LogP contribution in [0.15, 0.2) is 24.3 Å². The minimum absolute atomic E-state index is 0.00634. The van der Waals surface area contributed by atoms with E-state index in [-0.39, 0.29) is 11.9 Å². The summed E-state index contributed by atoms with van der Waals surface area (Å²) in [5.41, 5.74) is 1.20. The van der Waals surface area contributed by atoms with Crippen molar-refractivity contribution in [2.45, 2.75) is 19.4 Å². The Bertz CT molecular complexity index is 382. The largest absolute Gasteiger partial charge is 0.383 e. The number of amides is 1. The van der Waals surface area contributed by atoms with Crippen LogP contribution in [0.3, 0.4) is 0 Å². The molecule has 0 spiro atoms. The number of halogens is 1. The Morgan fingerprint density at radius 1 is 1.32 bits per heavy atom. The second-order valence-corrected chi connectivity index (χ2v) is 4.77. The van der Waals surface area contributed by atoms with Gasteiger partial charge in [0.2, 0.25) is 5.91 Å². The molecular weight excluding hydrogens is 264 g/mol. The van der Waals surface area contributed by atoms with Gasteiger partial charge >= 0.3 is 0 Å². The Kier molecular flexibility index (Phi) is 7.48. The lowest BCUT2D eigenvalue weighted by atomic mass is 10.1. The molecule has 1 rings (SSSR count). The van der Waals surface area contributed by atoms with Crippen LogP contribution >= 0.6 is 11.6 Å². The maximum Gasteiger partial charge on any atom is 0.236 e.